The van der Waals surface area contributed by atoms with Crippen LogP contribution in [0.4, 0.5) is 28.4 Å². The van der Waals surface area contributed by atoms with E-state index in [-0.39, 0.29) is 0 Å². The Kier molecular flexibility index (Phi) is 6.25. The summed E-state index contributed by atoms with van der Waals surface area (Å²) >= 11 is 1.86. The Morgan fingerprint density at radius 3 is 1.48 bits per heavy atom. The Labute approximate surface area is 273 Å². The van der Waals surface area contributed by atoms with Crippen molar-refractivity contribution in [2.24, 2.45) is 0 Å². The van der Waals surface area contributed by atoms with Crippen molar-refractivity contribution in [1.82, 2.24) is 0 Å². The zero-order chi connectivity index (χ0) is 30.6. The maximum absolute atomic E-state index is 2.41. The predicted molar refractivity (Wildman–Crippen MR) is 198 cm³/mol. The van der Waals surface area contributed by atoms with Crippen LogP contribution in [0.1, 0.15) is 0 Å². The van der Waals surface area contributed by atoms with Crippen molar-refractivity contribution < 1.29 is 0 Å². The van der Waals surface area contributed by atoms with E-state index >= 15 is 0 Å². The summed E-state index contributed by atoms with van der Waals surface area (Å²) in [6.07, 6.45) is 0. The molecule has 0 unspecified atom stereocenters. The minimum absolute atomic E-state index is 1.14. The molecule has 7 aromatic carbocycles. The van der Waals surface area contributed by atoms with Crippen LogP contribution in [-0.4, -0.2) is 7.05 Å². The second-order valence-electron chi connectivity index (χ2n) is 11.9. The minimum atomic E-state index is 1.14. The van der Waals surface area contributed by atoms with Gasteiger partial charge in [0.1, 0.15) is 0 Å². The second-order valence-corrected chi connectivity index (χ2v) is 13.0. The minimum Gasteiger partial charge on any atom is -0.341 e. The number of hydrogen-bond acceptors (Lipinski definition) is 3. The highest BCUT2D eigenvalue weighted by molar-refractivity contribution is 7.25. The van der Waals surface area contributed by atoms with Crippen LogP contribution >= 0.6 is 11.3 Å². The molecule has 0 amide bonds. The van der Waals surface area contributed by atoms with Gasteiger partial charge in [0.2, 0.25) is 0 Å². The van der Waals surface area contributed by atoms with Crippen molar-refractivity contribution in [3.63, 3.8) is 0 Å². The molecule has 0 N–H and O–H groups in total. The van der Waals surface area contributed by atoms with Gasteiger partial charge in [-0.05, 0) is 88.0 Å². The molecular weight excluding hydrogens is 577 g/mol. The first kappa shape index (κ1) is 26.7. The Bertz CT molecular complexity index is 2280. The van der Waals surface area contributed by atoms with E-state index in [0.29, 0.717) is 0 Å². The molecule has 0 atom stereocenters. The molecule has 1 aliphatic rings. The predicted octanol–water partition coefficient (Wildman–Crippen LogP) is 12.6. The fourth-order valence-corrected chi connectivity index (χ4v) is 7.92. The zero-order valence-electron chi connectivity index (χ0n) is 25.4. The molecule has 0 aliphatic carbocycles. The van der Waals surface area contributed by atoms with Crippen LogP contribution in [0.25, 0.3) is 53.6 Å². The van der Waals surface area contributed by atoms with Gasteiger partial charge in [0.05, 0.1) is 22.7 Å². The van der Waals surface area contributed by atoms with E-state index in [1.807, 2.05) is 11.3 Å². The van der Waals surface area contributed by atoms with Crippen molar-refractivity contribution in [2.75, 3.05) is 16.8 Å². The second kappa shape index (κ2) is 10.8. The molecule has 1 aliphatic heterocycles. The summed E-state index contributed by atoms with van der Waals surface area (Å²) in [4.78, 5) is 4.75. The average Bonchev–Trinajstić information content (AvgIpc) is 3.50. The van der Waals surface area contributed by atoms with Crippen LogP contribution in [0, 0.1) is 0 Å². The Hall–Kier alpha value is -5.64. The van der Waals surface area contributed by atoms with Gasteiger partial charge >= 0.3 is 0 Å². The molecular formula is C43H30N2S. The summed E-state index contributed by atoms with van der Waals surface area (Å²) in [6.45, 7) is 0. The fraction of sp³-hybridized carbons (Fsp3) is 0.0233. The standard InChI is InChI=1S/C43H30N2S/c1-44-40-27-33(29-10-4-2-5-11-29)18-23-38(40)45(39-24-19-34(28-41(39)44)30-12-6-3-7-13-30)35-21-16-31(17-22-35)32-20-25-43-37(26-32)36-14-8-9-15-42(36)46-43/h2-28H,1H3. The first-order valence-electron chi connectivity index (χ1n) is 15.7. The van der Waals surface area contributed by atoms with Gasteiger partial charge in [-0.25, -0.2) is 0 Å². The maximum Gasteiger partial charge on any atom is 0.0700 e. The van der Waals surface area contributed by atoms with Crippen molar-refractivity contribution >= 4 is 59.9 Å². The molecule has 0 radical (unpaired) electrons. The number of nitrogens with zero attached hydrogens (tertiary/aromatic N) is 2. The van der Waals surface area contributed by atoms with E-state index < -0.39 is 0 Å². The summed E-state index contributed by atoms with van der Waals surface area (Å²) in [6, 6.07) is 59.6. The van der Waals surface area contributed by atoms with Gasteiger partial charge in [0.15, 0.2) is 0 Å². The van der Waals surface area contributed by atoms with E-state index in [2.05, 4.69) is 181 Å². The molecule has 0 spiro atoms. The average molecular weight is 607 g/mol. The normalized spacial score (nSPS) is 12.4. The lowest BCUT2D eigenvalue weighted by atomic mass is 9.97. The van der Waals surface area contributed by atoms with E-state index in [0.717, 1.165) is 5.69 Å². The van der Waals surface area contributed by atoms with Gasteiger partial charge in [-0.3, -0.25) is 0 Å². The van der Waals surface area contributed by atoms with Gasteiger partial charge < -0.3 is 9.80 Å². The van der Waals surface area contributed by atoms with Crippen molar-refractivity contribution in [3.05, 3.63) is 164 Å². The van der Waals surface area contributed by atoms with Crippen molar-refractivity contribution in [2.45, 2.75) is 0 Å². The largest absolute Gasteiger partial charge is 0.341 e. The highest BCUT2D eigenvalue weighted by atomic mass is 32.1. The molecule has 8 aromatic rings. The Morgan fingerprint density at radius 2 is 0.848 bits per heavy atom. The summed E-state index contributed by atoms with van der Waals surface area (Å²) in [5.74, 6) is 0. The molecule has 0 saturated heterocycles. The van der Waals surface area contributed by atoms with Crippen molar-refractivity contribution in [1.29, 1.82) is 0 Å². The van der Waals surface area contributed by atoms with Crippen LogP contribution in [0.2, 0.25) is 0 Å². The third-order valence-corrected chi connectivity index (χ3v) is 10.4. The van der Waals surface area contributed by atoms with Gasteiger partial charge in [0.25, 0.3) is 0 Å². The van der Waals surface area contributed by atoms with Crippen molar-refractivity contribution in [3.8, 4) is 33.4 Å². The zero-order valence-corrected chi connectivity index (χ0v) is 26.2. The molecule has 0 fully saturated rings. The van der Waals surface area contributed by atoms with E-state index in [1.54, 1.807) is 0 Å². The summed E-state index contributed by atoms with van der Waals surface area (Å²) in [5, 5.41) is 2.66. The van der Waals surface area contributed by atoms with Crippen LogP contribution in [-0.2, 0) is 0 Å². The van der Waals surface area contributed by atoms with E-state index in [1.165, 1.54) is 76.3 Å². The molecule has 1 aromatic heterocycles. The van der Waals surface area contributed by atoms with Gasteiger partial charge in [-0.15, -0.1) is 11.3 Å². The van der Waals surface area contributed by atoms with Gasteiger partial charge in [-0.1, -0.05) is 109 Å². The topological polar surface area (TPSA) is 6.48 Å². The third kappa shape index (κ3) is 4.40. The molecule has 0 bridgehead atoms. The summed E-state index contributed by atoms with van der Waals surface area (Å²) < 4.78 is 2.67. The number of fused-ring (bicyclic) bond motifs is 5. The number of thiophene rings is 1. The van der Waals surface area contributed by atoms with Crippen LogP contribution in [0.5, 0.6) is 0 Å². The number of benzene rings is 7. The smallest absolute Gasteiger partial charge is 0.0700 e. The summed E-state index contributed by atoms with van der Waals surface area (Å²) in [7, 11) is 2.19. The SMILES string of the molecule is CN1c2cc(-c3ccccc3)ccc2N(c2ccc(-c3ccc4sc5ccccc5c4c3)cc2)c2ccc(-c3ccccc3)cc21. The molecule has 2 nitrogen and oxygen atoms in total. The number of rotatable bonds is 4. The van der Waals surface area contributed by atoms with Crippen LogP contribution in [0.3, 0.4) is 0 Å². The van der Waals surface area contributed by atoms with Gasteiger partial charge in [-0.2, -0.15) is 0 Å². The van der Waals surface area contributed by atoms with Crippen LogP contribution in [0.15, 0.2) is 164 Å². The van der Waals surface area contributed by atoms with Gasteiger partial charge in [0, 0.05) is 32.9 Å². The van der Waals surface area contributed by atoms with E-state index in [9.17, 15) is 0 Å². The lowest BCUT2D eigenvalue weighted by Crippen LogP contribution is -2.24. The Balaban J connectivity index is 1.16. The highest BCUT2D eigenvalue weighted by Crippen LogP contribution is 2.52. The molecule has 3 heteroatoms. The highest BCUT2D eigenvalue weighted by Gasteiger charge is 2.28. The first-order valence-corrected chi connectivity index (χ1v) is 16.5. The number of hydrogen-bond donors (Lipinski definition) is 0. The first-order chi connectivity index (χ1) is 22.7. The summed E-state index contributed by atoms with van der Waals surface area (Å²) in [5.41, 5.74) is 13.1. The quantitative estimate of drug-likeness (QED) is 0.197. The number of anilines is 5. The molecule has 0 saturated carbocycles. The third-order valence-electron chi connectivity index (χ3n) is 9.21. The molecule has 9 rings (SSSR count). The monoisotopic (exact) mass is 606 g/mol. The van der Waals surface area contributed by atoms with E-state index in [4.69, 9.17) is 0 Å². The lowest BCUT2D eigenvalue weighted by Gasteiger charge is -2.39. The van der Waals surface area contributed by atoms with Crippen LogP contribution < -0.4 is 9.80 Å². The molecule has 218 valence electrons. The molecule has 2 heterocycles. The lowest BCUT2D eigenvalue weighted by molar-refractivity contribution is 1.13. The maximum atomic E-state index is 2.41. The Morgan fingerprint density at radius 1 is 0.370 bits per heavy atom. The molecule has 46 heavy (non-hydrogen) atoms. The fourth-order valence-electron chi connectivity index (χ4n) is 6.83.